The molecule has 1 saturated heterocycles. The van der Waals surface area contributed by atoms with Crippen LogP contribution in [0, 0.1) is 0 Å². The van der Waals surface area contributed by atoms with Crippen molar-refractivity contribution < 1.29 is 9.59 Å². The number of hydrogen-bond acceptors (Lipinski definition) is 4. The molecule has 6 nitrogen and oxygen atoms in total. The van der Waals surface area contributed by atoms with Crippen molar-refractivity contribution in [3.05, 3.63) is 53.9 Å². The van der Waals surface area contributed by atoms with Crippen molar-refractivity contribution >= 4 is 23.2 Å². The molecule has 134 valence electrons. The van der Waals surface area contributed by atoms with E-state index in [0.29, 0.717) is 31.9 Å². The van der Waals surface area contributed by atoms with Gasteiger partial charge in [0.15, 0.2) is 0 Å². The van der Waals surface area contributed by atoms with Crippen LogP contribution in [0.3, 0.4) is 0 Å². The fourth-order valence-corrected chi connectivity index (χ4v) is 3.67. The quantitative estimate of drug-likeness (QED) is 0.832. The van der Waals surface area contributed by atoms with Crippen LogP contribution < -0.4 is 4.90 Å². The van der Waals surface area contributed by atoms with Crippen LogP contribution in [0.1, 0.15) is 23.0 Å². The van der Waals surface area contributed by atoms with Gasteiger partial charge in [0, 0.05) is 45.3 Å². The van der Waals surface area contributed by atoms with E-state index in [1.807, 2.05) is 12.1 Å². The molecule has 0 N–H and O–H groups in total. The molecule has 2 aromatic rings. The molecule has 0 radical (unpaired) electrons. The van der Waals surface area contributed by atoms with Crippen LogP contribution in [0.25, 0.3) is 0 Å². The predicted molar refractivity (Wildman–Crippen MR) is 99.5 cm³/mol. The Bertz CT molecular complexity index is 826. The molecule has 2 aliphatic rings. The van der Waals surface area contributed by atoms with Gasteiger partial charge in [-0.1, -0.05) is 18.2 Å². The summed E-state index contributed by atoms with van der Waals surface area (Å²) in [6.45, 7) is 4.78. The van der Waals surface area contributed by atoms with E-state index >= 15 is 0 Å². The highest BCUT2D eigenvalue weighted by molar-refractivity contribution is 5.92. The summed E-state index contributed by atoms with van der Waals surface area (Å²) >= 11 is 0. The van der Waals surface area contributed by atoms with Crippen molar-refractivity contribution in [2.75, 3.05) is 37.6 Å². The third-order valence-electron chi connectivity index (χ3n) is 5.18. The minimum absolute atomic E-state index is 0.0606. The molecule has 3 heterocycles. The Morgan fingerprint density at radius 3 is 2.35 bits per heavy atom. The number of amides is 2. The molecule has 0 spiro atoms. The number of carbonyl (C=O) groups is 2. The van der Waals surface area contributed by atoms with Crippen LogP contribution in [-0.2, 0) is 11.2 Å². The number of hydrogen-bond donors (Lipinski definition) is 0. The molecule has 26 heavy (non-hydrogen) atoms. The summed E-state index contributed by atoms with van der Waals surface area (Å²) in [5.74, 6) is -0.00737. The molecule has 0 atom stereocenters. The van der Waals surface area contributed by atoms with Crippen molar-refractivity contribution in [1.29, 1.82) is 0 Å². The molecular formula is C20H22N4O2. The Morgan fingerprint density at radius 1 is 0.923 bits per heavy atom. The highest BCUT2D eigenvalue weighted by Gasteiger charge is 2.25. The zero-order valence-electron chi connectivity index (χ0n) is 14.9. The average molecular weight is 350 g/mol. The lowest BCUT2D eigenvalue weighted by Crippen LogP contribution is -2.50. The van der Waals surface area contributed by atoms with Gasteiger partial charge in [-0.15, -0.1) is 0 Å². The Labute approximate surface area is 153 Å². The maximum atomic E-state index is 12.7. The molecule has 0 aliphatic carbocycles. The largest absolute Gasteiger partial charge is 0.340 e. The van der Waals surface area contributed by atoms with Crippen LogP contribution in [0.5, 0.6) is 0 Å². The number of carbonyl (C=O) groups excluding carboxylic acids is 2. The monoisotopic (exact) mass is 350 g/mol. The molecule has 0 unspecified atom stereocenters. The molecule has 0 saturated carbocycles. The second-order valence-electron chi connectivity index (χ2n) is 6.73. The molecule has 1 aromatic heterocycles. The SMILES string of the molecule is CC(=O)N1CCN(C(=O)c2ccc(N3CCc4ccccc43)cn2)CC1. The molecule has 1 aromatic carbocycles. The summed E-state index contributed by atoms with van der Waals surface area (Å²) in [5.41, 5.74) is 4.02. The number of anilines is 2. The first-order valence-electron chi connectivity index (χ1n) is 9.00. The van der Waals surface area contributed by atoms with Gasteiger partial charge in [0.2, 0.25) is 5.91 Å². The molecule has 2 aliphatic heterocycles. The van der Waals surface area contributed by atoms with E-state index in [1.165, 1.54) is 11.3 Å². The second kappa shape index (κ2) is 6.78. The van der Waals surface area contributed by atoms with E-state index < -0.39 is 0 Å². The smallest absolute Gasteiger partial charge is 0.272 e. The average Bonchev–Trinajstić information content (AvgIpc) is 3.12. The predicted octanol–water partition coefficient (Wildman–Crippen LogP) is 2.08. The first-order chi connectivity index (χ1) is 12.6. The van der Waals surface area contributed by atoms with Gasteiger partial charge in [0.1, 0.15) is 5.69 Å². The number of nitrogens with zero attached hydrogens (tertiary/aromatic N) is 4. The minimum atomic E-state index is -0.0680. The zero-order valence-corrected chi connectivity index (χ0v) is 14.9. The molecule has 2 amide bonds. The zero-order chi connectivity index (χ0) is 18.1. The molecule has 0 bridgehead atoms. The number of fused-ring (bicyclic) bond motifs is 1. The summed E-state index contributed by atoms with van der Waals surface area (Å²) in [7, 11) is 0. The number of para-hydroxylation sites is 1. The van der Waals surface area contributed by atoms with Crippen molar-refractivity contribution in [1.82, 2.24) is 14.8 Å². The lowest BCUT2D eigenvalue weighted by atomic mass is 10.2. The number of pyridine rings is 1. The van der Waals surface area contributed by atoms with Gasteiger partial charge in [0.05, 0.1) is 11.9 Å². The maximum absolute atomic E-state index is 12.7. The van der Waals surface area contributed by atoms with Gasteiger partial charge in [-0.25, -0.2) is 4.98 Å². The third-order valence-corrected chi connectivity index (χ3v) is 5.18. The summed E-state index contributed by atoms with van der Waals surface area (Å²) in [6, 6.07) is 12.2. The first kappa shape index (κ1) is 16.6. The molecule has 4 rings (SSSR count). The Kier molecular flexibility index (Phi) is 4.32. The van der Waals surface area contributed by atoms with E-state index in [9.17, 15) is 9.59 Å². The Hall–Kier alpha value is -2.89. The summed E-state index contributed by atoms with van der Waals surface area (Å²) in [5, 5.41) is 0. The fourth-order valence-electron chi connectivity index (χ4n) is 3.67. The van der Waals surface area contributed by atoms with E-state index in [4.69, 9.17) is 0 Å². The second-order valence-corrected chi connectivity index (χ2v) is 6.73. The maximum Gasteiger partial charge on any atom is 0.272 e. The Morgan fingerprint density at radius 2 is 1.65 bits per heavy atom. The summed E-state index contributed by atoms with van der Waals surface area (Å²) < 4.78 is 0. The van der Waals surface area contributed by atoms with Crippen molar-refractivity contribution in [3.63, 3.8) is 0 Å². The summed E-state index contributed by atoms with van der Waals surface area (Å²) in [4.78, 5) is 34.2. The van der Waals surface area contributed by atoms with E-state index in [0.717, 1.165) is 18.7 Å². The van der Waals surface area contributed by atoms with E-state index in [1.54, 1.807) is 29.0 Å². The van der Waals surface area contributed by atoms with Gasteiger partial charge >= 0.3 is 0 Å². The van der Waals surface area contributed by atoms with Crippen LogP contribution in [-0.4, -0.2) is 59.3 Å². The topological polar surface area (TPSA) is 56.8 Å². The van der Waals surface area contributed by atoms with Crippen molar-refractivity contribution in [3.8, 4) is 0 Å². The summed E-state index contributed by atoms with van der Waals surface area (Å²) in [6.07, 6.45) is 2.80. The molecule has 1 fully saturated rings. The van der Waals surface area contributed by atoms with Crippen LogP contribution in [0.2, 0.25) is 0 Å². The lowest BCUT2D eigenvalue weighted by molar-refractivity contribution is -0.130. The third kappa shape index (κ3) is 3.03. The van der Waals surface area contributed by atoms with Crippen LogP contribution in [0.4, 0.5) is 11.4 Å². The minimum Gasteiger partial charge on any atom is -0.340 e. The normalized spacial score (nSPS) is 16.6. The Balaban J connectivity index is 1.45. The lowest BCUT2D eigenvalue weighted by Gasteiger charge is -2.34. The van der Waals surface area contributed by atoms with Gasteiger partial charge in [0.25, 0.3) is 5.91 Å². The first-order valence-corrected chi connectivity index (χ1v) is 9.00. The van der Waals surface area contributed by atoms with Gasteiger partial charge < -0.3 is 14.7 Å². The molecular weight excluding hydrogens is 328 g/mol. The van der Waals surface area contributed by atoms with E-state index in [2.05, 4.69) is 28.1 Å². The van der Waals surface area contributed by atoms with Gasteiger partial charge in [-0.2, -0.15) is 0 Å². The van der Waals surface area contributed by atoms with Crippen molar-refractivity contribution in [2.45, 2.75) is 13.3 Å². The van der Waals surface area contributed by atoms with Gasteiger partial charge in [-0.3, -0.25) is 9.59 Å². The highest BCUT2D eigenvalue weighted by Crippen LogP contribution is 2.33. The van der Waals surface area contributed by atoms with E-state index in [-0.39, 0.29) is 11.8 Å². The fraction of sp³-hybridized carbons (Fsp3) is 0.350. The van der Waals surface area contributed by atoms with Gasteiger partial charge in [-0.05, 0) is 30.2 Å². The van der Waals surface area contributed by atoms with Crippen molar-refractivity contribution in [2.24, 2.45) is 0 Å². The van der Waals surface area contributed by atoms with Crippen LogP contribution in [0.15, 0.2) is 42.6 Å². The van der Waals surface area contributed by atoms with Crippen LogP contribution >= 0.6 is 0 Å². The number of piperazine rings is 1. The highest BCUT2D eigenvalue weighted by atomic mass is 16.2. The number of benzene rings is 1. The number of rotatable bonds is 2. The number of aromatic nitrogens is 1. The molecule has 6 heteroatoms. The standard InChI is InChI=1S/C20H22N4O2/c1-15(25)22-10-12-23(13-11-22)20(26)18-7-6-17(14-21-18)24-9-8-16-4-2-3-5-19(16)24/h2-7,14H,8-13H2,1H3.